The van der Waals surface area contributed by atoms with Crippen LogP contribution in [0.1, 0.15) is 30.9 Å². The van der Waals surface area contributed by atoms with Gasteiger partial charge in [-0.05, 0) is 49.4 Å². The second kappa shape index (κ2) is 14.1. The van der Waals surface area contributed by atoms with Gasteiger partial charge in [-0.15, -0.1) is 24.0 Å². The minimum absolute atomic E-state index is 0. The number of nitrogens with one attached hydrogen (secondary N) is 3. The lowest BCUT2D eigenvalue weighted by molar-refractivity contribution is 0.211. The molecule has 0 heterocycles. The minimum Gasteiger partial charge on any atom is -0.493 e. The van der Waals surface area contributed by atoms with E-state index < -0.39 is 0 Å². The predicted molar refractivity (Wildman–Crippen MR) is 139 cm³/mol. The molecule has 1 saturated carbocycles. The summed E-state index contributed by atoms with van der Waals surface area (Å²) < 4.78 is 11.1. The number of rotatable bonds is 12. The van der Waals surface area contributed by atoms with E-state index in [0.717, 1.165) is 54.1 Å². The number of benzene rings is 2. The van der Waals surface area contributed by atoms with E-state index in [4.69, 9.17) is 14.5 Å². The topological polar surface area (TPSA) is 66.9 Å². The number of guanidine groups is 1. The van der Waals surface area contributed by atoms with Crippen LogP contribution in [-0.4, -0.2) is 39.4 Å². The standard InChI is InChI=1S/C24H34N4O2.HI/c1-3-25-24(27-16-19-10-12-22(13-11-19)26-14-15-29-2)28-17-21-6-4-5-7-23(21)30-18-20-8-9-20;/h4-7,10-13,20,26H,3,8-9,14-18H2,1-2H3,(H2,25,27,28);1H. The third kappa shape index (κ3) is 9.35. The molecular formula is C24H35IN4O2. The lowest BCUT2D eigenvalue weighted by Crippen LogP contribution is -2.36. The lowest BCUT2D eigenvalue weighted by Gasteiger charge is -2.14. The molecule has 0 unspecified atom stereocenters. The first kappa shape index (κ1) is 25.3. The molecule has 0 aromatic heterocycles. The summed E-state index contributed by atoms with van der Waals surface area (Å²) in [7, 11) is 1.71. The Morgan fingerprint density at radius 1 is 1.06 bits per heavy atom. The van der Waals surface area contributed by atoms with E-state index >= 15 is 0 Å². The molecule has 7 heteroatoms. The van der Waals surface area contributed by atoms with Crippen molar-refractivity contribution in [2.45, 2.75) is 32.9 Å². The fraction of sp³-hybridized carbons (Fsp3) is 0.458. The number of para-hydroxylation sites is 1. The number of aliphatic imine (C=N–C) groups is 1. The normalized spacial score (nSPS) is 13.3. The highest BCUT2D eigenvalue weighted by Gasteiger charge is 2.22. The maximum Gasteiger partial charge on any atom is 0.191 e. The molecule has 0 saturated heterocycles. The summed E-state index contributed by atoms with van der Waals surface area (Å²) in [6.07, 6.45) is 2.59. The summed E-state index contributed by atoms with van der Waals surface area (Å²) in [5.41, 5.74) is 3.40. The fourth-order valence-corrected chi connectivity index (χ4v) is 3.00. The van der Waals surface area contributed by atoms with Crippen LogP contribution in [0.2, 0.25) is 0 Å². The largest absolute Gasteiger partial charge is 0.493 e. The summed E-state index contributed by atoms with van der Waals surface area (Å²) in [4.78, 5) is 4.73. The van der Waals surface area contributed by atoms with E-state index in [1.165, 1.54) is 12.8 Å². The van der Waals surface area contributed by atoms with Crippen molar-refractivity contribution in [3.63, 3.8) is 0 Å². The summed E-state index contributed by atoms with van der Waals surface area (Å²) in [5.74, 6) is 2.51. The first-order chi connectivity index (χ1) is 14.8. The number of methoxy groups -OCH3 is 1. The van der Waals surface area contributed by atoms with E-state index in [2.05, 4.69) is 53.2 Å². The van der Waals surface area contributed by atoms with Crippen LogP contribution in [0, 0.1) is 5.92 Å². The van der Waals surface area contributed by atoms with Crippen LogP contribution in [0.3, 0.4) is 0 Å². The van der Waals surface area contributed by atoms with Gasteiger partial charge in [0.15, 0.2) is 5.96 Å². The molecule has 6 nitrogen and oxygen atoms in total. The molecular weight excluding hydrogens is 503 g/mol. The van der Waals surface area contributed by atoms with Gasteiger partial charge in [0.05, 0.1) is 19.8 Å². The van der Waals surface area contributed by atoms with Crippen LogP contribution < -0.4 is 20.7 Å². The van der Waals surface area contributed by atoms with Crippen molar-refractivity contribution in [2.24, 2.45) is 10.9 Å². The molecule has 170 valence electrons. The number of hydrogen-bond donors (Lipinski definition) is 3. The van der Waals surface area contributed by atoms with Crippen molar-refractivity contribution in [3.05, 3.63) is 59.7 Å². The molecule has 2 aromatic rings. The molecule has 1 fully saturated rings. The van der Waals surface area contributed by atoms with Gasteiger partial charge in [-0.2, -0.15) is 0 Å². The predicted octanol–water partition coefficient (Wildman–Crippen LogP) is 4.41. The number of ether oxygens (including phenoxy) is 2. The minimum atomic E-state index is 0. The van der Waals surface area contributed by atoms with Gasteiger partial charge < -0.3 is 25.4 Å². The summed E-state index contributed by atoms with van der Waals surface area (Å²) in [6, 6.07) is 16.6. The first-order valence-corrected chi connectivity index (χ1v) is 10.8. The van der Waals surface area contributed by atoms with Gasteiger partial charge in [0.2, 0.25) is 0 Å². The number of halogens is 1. The van der Waals surface area contributed by atoms with Gasteiger partial charge in [-0.25, -0.2) is 4.99 Å². The maximum absolute atomic E-state index is 6.01. The molecule has 0 aliphatic heterocycles. The van der Waals surface area contributed by atoms with Crippen LogP contribution >= 0.6 is 24.0 Å². The third-order valence-corrected chi connectivity index (χ3v) is 4.94. The second-order valence-corrected chi connectivity index (χ2v) is 7.53. The van der Waals surface area contributed by atoms with Crippen molar-refractivity contribution in [3.8, 4) is 5.75 Å². The van der Waals surface area contributed by atoms with Crippen LogP contribution in [0.5, 0.6) is 5.75 Å². The number of nitrogens with zero attached hydrogens (tertiary/aromatic N) is 1. The molecule has 0 atom stereocenters. The lowest BCUT2D eigenvalue weighted by atomic mass is 10.2. The van der Waals surface area contributed by atoms with Crippen molar-refractivity contribution >= 4 is 35.6 Å². The maximum atomic E-state index is 6.01. The van der Waals surface area contributed by atoms with Crippen molar-refractivity contribution < 1.29 is 9.47 Å². The Labute approximate surface area is 203 Å². The average Bonchev–Trinajstić information content (AvgIpc) is 3.60. The van der Waals surface area contributed by atoms with Gasteiger partial charge in [0.25, 0.3) is 0 Å². The van der Waals surface area contributed by atoms with E-state index in [1.54, 1.807) is 7.11 Å². The summed E-state index contributed by atoms with van der Waals surface area (Å²) in [6.45, 7) is 6.50. The smallest absolute Gasteiger partial charge is 0.191 e. The van der Waals surface area contributed by atoms with Crippen molar-refractivity contribution in [1.82, 2.24) is 10.6 Å². The van der Waals surface area contributed by atoms with E-state index in [-0.39, 0.29) is 24.0 Å². The number of anilines is 1. The molecule has 1 aliphatic rings. The zero-order valence-corrected chi connectivity index (χ0v) is 20.9. The fourth-order valence-electron chi connectivity index (χ4n) is 3.00. The Bertz CT molecular complexity index is 794. The quantitative estimate of drug-likeness (QED) is 0.162. The average molecular weight is 538 g/mol. The Morgan fingerprint density at radius 2 is 1.84 bits per heavy atom. The van der Waals surface area contributed by atoms with E-state index in [1.807, 2.05) is 18.2 Å². The zero-order chi connectivity index (χ0) is 21.0. The van der Waals surface area contributed by atoms with E-state index in [0.29, 0.717) is 19.7 Å². The molecule has 2 aromatic carbocycles. The van der Waals surface area contributed by atoms with Crippen molar-refractivity contribution in [2.75, 3.05) is 38.7 Å². The van der Waals surface area contributed by atoms with Gasteiger partial charge in [0, 0.05) is 38.0 Å². The molecule has 0 spiro atoms. The molecule has 3 N–H and O–H groups in total. The molecule has 3 rings (SSSR count). The highest BCUT2D eigenvalue weighted by molar-refractivity contribution is 14.0. The Balaban J connectivity index is 0.00000341. The molecule has 31 heavy (non-hydrogen) atoms. The summed E-state index contributed by atoms with van der Waals surface area (Å²) in [5, 5.41) is 10.1. The third-order valence-electron chi connectivity index (χ3n) is 4.94. The van der Waals surface area contributed by atoms with Crippen LogP contribution in [0.15, 0.2) is 53.5 Å². The monoisotopic (exact) mass is 538 g/mol. The van der Waals surface area contributed by atoms with Gasteiger partial charge in [-0.1, -0.05) is 30.3 Å². The van der Waals surface area contributed by atoms with Crippen LogP contribution in [0.25, 0.3) is 0 Å². The SMILES string of the molecule is CCNC(=NCc1ccc(NCCOC)cc1)NCc1ccccc1OCC1CC1.I. The molecule has 0 radical (unpaired) electrons. The Morgan fingerprint density at radius 3 is 2.55 bits per heavy atom. The van der Waals surface area contributed by atoms with Gasteiger partial charge in [0.1, 0.15) is 5.75 Å². The van der Waals surface area contributed by atoms with Crippen LogP contribution in [-0.2, 0) is 17.8 Å². The molecule has 0 amide bonds. The number of hydrogen-bond acceptors (Lipinski definition) is 4. The first-order valence-electron chi connectivity index (χ1n) is 10.8. The Hall–Kier alpha value is -2.00. The highest BCUT2D eigenvalue weighted by Crippen LogP contribution is 2.30. The highest BCUT2D eigenvalue weighted by atomic mass is 127. The van der Waals surface area contributed by atoms with Crippen LogP contribution in [0.4, 0.5) is 5.69 Å². The van der Waals surface area contributed by atoms with Gasteiger partial charge in [-0.3, -0.25) is 0 Å². The van der Waals surface area contributed by atoms with Crippen molar-refractivity contribution in [1.29, 1.82) is 0 Å². The summed E-state index contributed by atoms with van der Waals surface area (Å²) >= 11 is 0. The van der Waals surface area contributed by atoms with E-state index in [9.17, 15) is 0 Å². The Kier molecular flexibility index (Phi) is 11.5. The molecule has 0 bridgehead atoms. The molecule has 1 aliphatic carbocycles. The second-order valence-electron chi connectivity index (χ2n) is 7.53. The zero-order valence-electron chi connectivity index (χ0n) is 18.5. The van der Waals surface area contributed by atoms with Gasteiger partial charge >= 0.3 is 0 Å².